The van der Waals surface area contributed by atoms with Crippen LogP contribution >= 0.6 is 0 Å². The van der Waals surface area contributed by atoms with Crippen LogP contribution < -0.4 is 5.32 Å². The van der Waals surface area contributed by atoms with Gasteiger partial charge >= 0.3 is 5.97 Å². The fourth-order valence-corrected chi connectivity index (χ4v) is 4.11. The van der Waals surface area contributed by atoms with Crippen LogP contribution in [0.1, 0.15) is 38.5 Å². The van der Waals surface area contributed by atoms with Crippen molar-refractivity contribution in [3.63, 3.8) is 0 Å². The Hall–Kier alpha value is -1.58. The van der Waals surface area contributed by atoms with Crippen molar-refractivity contribution in [3.8, 4) is 0 Å². The number of aliphatic carboxylic acids is 1. The normalized spacial score (nSPS) is 33.8. The summed E-state index contributed by atoms with van der Waals surface area (Å²) in [4.78, 5) is 23.8. The van der Waals surface area contributed by atoms with Crippen LogP contribution in [0.4, 0.5) is 0 Å². The van der Waals surface area contributed by atoms with Crippen molar-refractivity contribution in [3.05, 3.63) is 23.8 Å². The molecule has 1 fully saturated rings. The Kier molecular flexibility index (Phi) is 4.13. The van der Waals surface area contributed by atoms with Crippen LogP contribution in [0.5, 0.6) is 0 Å². The summed E-state index contributed by atoms with van der Waals surface area (Å²) in [5.41, 5.74) is 1.43. The topological polar surface area (TPSA) is 66.4 Å². The number of nitrogens with one attached hydrogen (secondary N) is 1. The van der Waals surface area contributed by atoms with Crippen LogP contribution in [0.15, 0.2) is 23.8 Å². The van der Waals surface area contributed by atoms with Crippen LogP contribution in [-0.4, -0.2) is 23.5 Å². The van der Waals surface area contributed by atoms with Crippen LogP contribution in [0.3, 0.4) is 0 Å². The molecule has 0 aromatic heterocycles. The van der Waals surface area contributed by atoms with Gasteiger partial charge in [0.05, 0.1) is 11.8 Å². The van der Waals surface area contributed by atoms with Gasteiger partial charge in [-0.3, -0.25) is 9.59 Å². The van der Waals surface area contributed by atoms with Crippen molar-refractivity contribution in [1.82, 2.24) is 5.32 Å². The average Bonchev–Trinajstić information content (AvgIpc) is 3.08. The van der Waals surface area contributed by atoms with Crippen molar-refractivity contribution in [1.29, 1.82) is 0 Å². The highest BCUT2D eigenvalue weighted by Gasteiger charge is 2.51. The first kappa shape index (κ1) is 14.4. The van der Waals surface area contributed by atoms with Crippen molar-refractivity contribution >= 4 is 11.9 Å². The highest BCUT2D eigenvalue weighted by atomic mass is 16.4. The van der Waals surface area contributed by atoms with E-state index in [0.717, 1.165) is 25.7 Å². The number of hydrogen-bond donors (Lipinski definition) is 2. The number of fused-ring (bicyclic) bond motifs is 2. The Morgan fingerprint density at radius 1 is 1.19 bits per heavy atom. The number of carboxylic acid groups (broad SMARTS) is 1. The molecule has 1 amide bonds. The summed E-state index contributed by atoms with van der Waals surface area (Å²) in [6.45, 7) is 0.634. The fourth-order valence-electron chi connectivity index (χ4n) is 4.11. The molecule has 0 spiro atoms. The summed E-state index contributed by atoms with van der Waals surface area (Å²) in [6, 6.07) is 0. The van der Waals surface area contributed by atoms with Gasteiger partial charge in [0.2, 0.25) is 5.91 Å². The second kappa shape index (κ2) is 6.04. The summed E-state index contributed by atoms with van der Waals surface area (Å²) in [5.74, 6) is -1.65. The Bertz CT molecular complexity index is 494. The summed E-state index contributed by atoms with van der Waals surface area (Å²) >= 11 is 0. The molecule has 0 aliphatic heterocycles. The Morgan fingerprint density at radius 2 is 1.95 bits per heavy atom. The smallest absolute Gasteiger partial charge is 0.307 e. The molecular weight excluding hydrogens is 266 g/mol. The number of rotatable bonds is 5. The van der Waals surface area contributed by atoms with E-state index in [-0.39, 0.29) is 23.7 Å². The van der Waals surface area contributed by atoms with Crippen molar-refractivity contribution in [2.75, 3.05) is 6.54 Å². The molecule has 0 unspecified atom stereocenters. The van der Waals surface area contributed by atoms with Gasteiger partial charge in [-0.05, 0) is 50.4 Å². The second-order valence-electron chi connectivity index (χ2n) is 6.49. The molecule has 114 valence electrons. The monoisotopic (exact) mass is 289 g/mol. The van der Waals surface area contributed by atoms with Gasteiger partial charge in [0, 0.05) is 6.54 Å². The van der Waals surface area contributed by atoms with Gasteiger partial charge < -0.3 is 10.4 Å². The molecule has 21 heavy (non-hydrogen) atoms. The molecule has 0 saturated heterocycles. The van der Waals surface area contributed by atoms with Crippen LogP contribution in [0.25, 0.3) is 0 Å². The standard InChI is InChI=1S/C17H23NO3/c19-16(18-9-8-11-4-2-1-3-5-11)14-12-6-7-13(10-12)15(14)17(20)21/h4,6-7,12-15H,1-3,5,8-10H2,(H,18,19)(H,20,21)/t12-,13+,14-,15-/m0/s1. The maximum atomic E-state index is 12.4. The van der Waals surface area contributed by atoms with Gasteiger partial charge in [-0.1, -0.05) is 23.8 Å². The number of amides is 1. The van der Waals surface area contributed by atoms with Crippen LogP contribution in [0, 0.1) is 23.7 Å². The lowest BCUT2D eigenvalue weighted by atomic mass is 9.82. The molecule has 3 aliphatic rings. The van der Waals surface area contributed by atoms with Crippen molar-refractivity contribution < 1.29 is 14.7 Å². The molecule has 1 saturated carbocycles. The molecule has 3 aliphatic carbocycles. The first-order chi connectivity index (χ1) is 10.2. The molecule has 0 aromatic carbocycles. The zero-order valence-electron chi connectivity index (χ0n) is 12.3. The van der Waals surface area contributed by atoms with Gasteiger partial charge in [-0.2, -0.15) is 0 Å². The fraction of sp³-hybridized carbons (Fsp3) is 0.647. The number of carbonyl (C=O) groups excluding carboxylic acids is 1. The molecule has 2 bridgehead atoms. The Balaban J connectivity index is 1.54. The third-order valence-corrected chi connectivity index (χ3v) is 5.18. The lowest BCUT2D eigenvalue weighted by Gasteiger charge is -2.24. The number of allylic oxidation sites excluding steroid dienone is 3. The molecule has 4 atom stereocenters. The van der Waals surface area contributed by atoms with Gasteiger partial charge in [-0.15, -0.1) is 0 Å². The molecular formula is C17H23NO3. The predicted molar refractivity (Wildman–Crippen MR) is 79.5 cm³/mol. The number of hydrogen-bond acceptors (Lipinski definition) is 2. The lowest BCUT2D eigenvalue weighted by Crippen LogP contribution is -2.40. The zero-order valence-corrected chi connectivity index (χ0v) is 12.3. The third kappa shape index (κ3) is 2.89. The van der Waals surface area contributed by atoms with Crippen molar-refractivity contribution in [2.24, 2.45) is 23.7 Å². The van der Waals surface area contributed by atoms with E-state index in [4.69, 9.17) is 0 Å². The first-order valence-electron chi connectivity index (χ1n) is 8.03. The molecule has 4 heteroatoms. The van der Waals surface area contributed by atoms with E-state index in [1.54, 1.807) is 0 Å². The van der Waals surface area contributed by atoms with Crippen LogP contribution in [-0.2, 0) is 9.59 Å². The minimum absolute atomic E-state index is 0.0457. The van der Waals surface area contributed by atoms with Gasteiger partial charge in [-0.25, -0.2) is 0 Å². The molecule has 3 rings (SSSR count). The highest BCUT2D eigenvalue weighted by molar-refractivity contribution is 5.86. The van der Waals surface area contributed by atoms with E-state index in [1.807, 2.05) is 12.2 Å². The number of carboxylic acids is 1. The van der Waals surface area contributed by atoms with E-state index >= 15 is 0 Å². The van der Waals surface area contributed by atoms with E-state index in [0.29, 0.717) is 6.54 Å². The minimum Gasteiger partial charge on any atom is -0.481 e. The summed E-state index contributed by atoms with van der Waals surface area (Å²) < 4.78 is 0. The summed E-state index contributed by atoms with van der Waals surface area (Å²) in [6.07, 6.45) is 12.8. The quantitative estimate of drug-likeness (QED) is 0.764. The Morgan fingerprint density at radius 3 is 2.62 bits per heavy atom. The lowest BCUT2D eigenvalue weighted by molar-refractivity contribution is -0.147. The molecule has 0 radical (unpaired) electrons. The molecule has 0 aromatic rings. The third-order valence-electron chi connectivity index (χ3n) is 5.18. The van der Waals surface area contributed by atoms with E-state index in [1.165, 1.54) is 18.4 Å². The number of carbonyl (C=O) groups is 2. The van der Waals surface area contributed by atoms with E-state index < -0.39 is 11.9 Å². The van der Waals surface area contributed by atoms with E-state index in [9.17, 15) is 14.7 Å². The van der Waals surface area contributed by atoms with Crippen molar-refractivity contribution in [2.45, 2.75) is 38.5 Å². The highest BCUT2D eigenvalue weighted by Crippen LogP contribution is 2.48. The second-order valence-corrected chi connectivity index (χ2v) is 6.49. The minimum atomic E-state index is -0.831. The zero-order chi connectivity index (χ0) is 14.8. The SMILES string of the molecule is O=C(O)[C@@H]1[C@@H](C(=O)NCCC2=CCCCC2)[C@H]2C=C[C@@H]1C2. The summed E-state index contributed by atoms with van der Waals surface area (Å²) in [7, 11) is 0. The predicted octanol–water partition coefficient (Wildman–Crippen LogP) is 2.52. The molecule has 4 nitrogen and oxygen atoms in total. The molecule has 0 heterocycles. The summed E-state index contributed by atoms with van der Waals surface area (Å²) in [5, 5.41) is 12.3. The van der Waals surface area contributed by atoms with E-state index in [2.05, 4.69) is 11.4 Å². The Labute approximate surface area is 125 Å². The average molecular weight is 289 g/mol. The maximum Gasteiger partial charge on any atom is 0.307 e. The largest absolute Gasteiger partial charge is 0.481 e. The maximum absolute atomic E-state index is 12.4. The van der Waals surface area contributed by atoms with Gasteiger partial charge in [0.25, 0.3) is 0 Å². The molecule has 2 N–H and O–H groups in total. The first-order valence-corrected chi connectivity index (χ1v) is 8.03. The van der Waals surface area contributed by atoms with Gasteiger partial charge in [0.1, 0.15) is 0 Å². The van der Waals surface area contributed by atoms with Crippen LogP contribution in [0.2, 0.25) is 0 Å². The van der Waals surface area contributed by atoms with Gasteiger partial charge in [0.15, 0.2) is 0 Å².